The Labute approximate surface area is 131 Å². The van der Waals surface area contributed by atoms with Gasteiger partial charge >= 0.3 is 0 Å². The number of rotatable bonds is 5. The van der Waals surface area contributed by atoms with Gasteiger partial charge in [-0.25, -0.2) is 0 Å². The van der Waals surface area contributed by atoms with Gasteiger partial charge in [0, 0.05) is 7.11 Å². The molecule has 3 rings (SSSR count). The number of methoxy groups -OCH3 is 1. The molecule has 0 N–H and O–H groups in total. The molecule has 2 aromatic carbocycles. The van der Waals surface area contributed by atoms with Crippen LogP contribution in [0.25, 0.3) is 0 Å². The first-order valence-corrected chi connectivity index (χ1v) is 8.05. The van der Waals surface area contributed by atoms with Crippen molar-refractivity contribution in [3.63, 3.8) is 0 Å². The van der Waals surface area contributed by atoms with Crippen molar-refractivity contribution >= 4 is 11.6 Å². The number of aryl methyl sites for hydroxylation is 2. The topological polar surface area (TPSA) is 9.23 Å². The molecule has 110 valence electrons. The van der Waals surface area contributed by atoms with E-state index in [2.05, 4.69) is 42.5 Å². The number of hydrogen-bond donors (Lipinski definition) is 0. The fraction of sp³-hybridized carbons (Fsp3) is 0.368. The van der Waals surface area contributed by atoms with Gasteiger partial charge in [-0.05, 0) is 53.5 Å². The van der Waals surface area contributed by atoms with Crippen molar-refractivity contribution in [2.24, 2.45) is 0 Å². The van der Waals surface area contributed by atoms with Gasteiger partial charge in [0.15, 0.2) is 0 Å². The zero-order valence-electron chi connectivity index (χ0n) is 12.4. The maximum atomic E-state index is 6.67. The minimum atomic E-state index is -0.0626. The van der Waals surface area contributed by atoms with Crippen molar-refractivity contribution in [3.05, 3.63) is 70.3 Å². The van der Waals surface area contributed by atoms with Gasteiger partial charge < -0.3 is 4.74 Å². The van der Waals surface area contributed by atoms with Gasteiger partial charge in [-0.1, -0.05) is 42.5 Å². The number of alkyl halides is 1. The largest absolute Gasteiger partial charge is 0.384 e. The third-order valence-corrected chi connectivity index (χ3v) is 4.79. The lowest BCUT2D eigenvalue weighted by molar-refractivity contribution is 0.202. The summed E-state index contributed by atoms with van der Waals surface area (Å²) in [5.41, 5.74) is 6.64. The number of benzene rings is 2. The van der Waals surface area contributed by atoms with E-state index >= 15 is 0 Å². The lowest BCUT2D eigenvalue weighted by Gasteiger charge is -2.13. The van der Waals surface area contributed by atoms with Crippen LogP contribution in [-0.2, 0) is 24.0 Å². The summed E-state index contributed by atoms with van der Waals surface area (Å²) < 4.78 is 5.11. The fourth-order valence-electron chi connectivity index (χ4n) is 3.02. The van der Waals surface area contributed by atoms with Crippen LogP contribution in [0.1, 0.15) is 39.6 Å². The van der Waals surface area contributed by atoms with E-state index in [9.17, 15) is 0 Å². The van der Waals surface area contributed by atoms with Crippen molar-refractivity contribution in [1.82, 2.24) is 0 Å². The van der Waals surface area contributed by atoms with Gasteiger partial charge in [-0.3, -0.25) is 0 Å². The number of fused-ring (bicyclic) bond motifs is 1. The molecule has 0 bridgehead atoms. The van der Waals surface area contributed by atoms with E-state index in [1.54, 1.807) is 7.11 Å². The second-order valence-corrected chi connectivity index (χ2v) is 6.17. The average Bonchev–Trinajstić information content (AvgIpc) is 3.00. The first-order chi connectivity index (χ1) is 10.3. The van der Waals surface area contributed by atoms with Crippen molar-refractivity contribution in [2.75, 3.05) is 13.7 Å². The van der Waals surface area contributed by atoms with Gasteiger partial charge in [0.2, 0.25) is 0 Å². The Morgan fingerprint density at radius 1 is 1.00 bits per heavy atom. The number of ether oxygens (including phenoxy) is 1. The first-order valence-electron chi connectivity index (χ1n) is 7.61. The number of hydrogen-bond acceptors (Lipinski definition) is 1. The summed E-state index contributed by atoms with van der Waals surface area (Å²) in [6.45, 7) is 0.758. The van der Waals surface area contributed by atoms with Crippen molar-refractivity contribution in [1.29, 1.82) is 0 Å². The Kier molecular flexibility index (Phi) is 4.62. The zero-order valence-corrected chi connectivity index (χ0v) is 13.2. The molecule has 0 fully saturated rings. The Morgan fingerprint density at radius 2 is 1.71 bits per heavy atom. The normalized spacial score (nSPS) is 15.0. The molecule has 1 aliphatic carbocycles. The summed E-state index contributed by atoms with van der Waals surface area (Å²) in [4.78, 5) is 0. The molecule has 0 heterocycles. The predicted octanol–water partition coefficient (Wildman–Crippen LogP) is 4.69. The molecule has 1 aliphatic rings. The van der Waals surface area contributed by atoms with E-state index < -0.39 is 0 Å². The summed E-state index contributed by atoms with van der Waals surface area (Å²) in [6.07, 6.45) is 4.64. The van der Waals surface area contributed by atoms with Gasteiger partial charge in [0.05, 0.1) is 12.0 Å². The highest BCUT2D eigenvalue weighted by Gasteiger charge is 2.15. The van der Waals surface area contributed by atoms with Gasteiger partial charge in [-0.15, -0.1) is 11.6 Å². The molecular formula is C19H21ClO. The van der Waals surface area contributed by atoms with Crippen LogP contribution in [0.4, 0.5) is 0 Å². The third-order valence-electron chi connectivity index (χ3n) is 4.28. The monoisotopic (exact) mass is 300 g/mol. The first kappa shape index (κ1) is 14.6. The van der Waals surface area contributed by atoms with Crippen LogP contribution in [-0.4, -0.2) is 13.7 Å². The Hall–Kier alpha value is -1.31. The Bertz CT molecular complexity index is 603. The number of halogens is 1. The van der Waals surface area contributed by atoms with E-state index in [4.69, 9.17) is 16.3 Å². The molecule has 0 radical (unpaired) electrons. The average molecular weight is 301 g/mol. The van der Waals surface area contributed by atoms with Crippen molar-refractivity contribution < 1.29 is 4.74 Å². The molecule has 0 spiro atoms. The molecule has 2 heteroatoms. The van der Waals surface area contributed by atoms with Crippen LogP contribution in [0, 0.1) is 0 Å². The van der Waals surface area contributed by atoms with E-state index in [0.717, 1.165) is 18.6 Å². The lowest BCUT2D eigenvalue weighted by Crippen LogP contribution is -1.97. The maximum Gasteiger partial charge on any atom is 0.0835 e. The van der Waals surface area contributed by atoms with Crippen molar-refractivity contribution in [2.45, 2.75) is 31.1 Å². The quantitative estimate of drug-likeness (QED) is 0.728. The van der Waals surface area contributed by atoms with Gasteiger partial charge in [0.1, 0.15) is 0 Å². The van der Waals surface area contributed by atoms with E-state index in [0.29, 0.717) is 0 Å². The fourth-order valence-corrected chi connectivity index (χ4v) is 3.30. The minimum Gasteiger partial charge on any atom is -0.384 e. The summed E-state index contributed by atoms with van der Waals surface area (Å²) in [5.74, 6) is 0. The molecule has 0 saturated carbocycles. The third kappa shape index (κ3) is 3.30. The van der Waals surface area contributed by atoms with E-state index in [-0.39, 0.29) is 5.38 Å². The lowest BCUT2D eigenvalue weighted by atomic mass is 9.99. The highest BCUT2D eigenvalue weighted by atomic mass is 35.5. The molecule has 0 saturated heterocycles. The zero-order chi connectivity index (χ0) is 14.7. The molecule has 0 aliphatic heterocycles. The summed E-state index contributed by atoms with van der Waals surface area (Å²) in [5, 5.41) is -0.0626. The molecule has 1 nitrogen and oxygen atoms in total. The molecule has 1 atom stereocenters. The Balaban J connectivity index is 1.76. The summed E-state index contributed by atoms with van der Waals surface area (Å²) in [6, 6.07) is 15.3. The highest BCUT2D eigenvalue weighted by molar-refractivity contribution is 6.22. The van der Waals surface area contributed by atoms with Crippen LogP contribution >= 0.6 is 11.6 Å². The second-order valence-electron chi connectivity index (χ2n) is 5.73. The maximum absolute atomic E-state index is 6.67. The molecule has 2 aromatic rings. The molecule has 21 heavy (non-hydrogen) atoms. The van der Waals surface area contributed by atoms with Gasteiger partial charge in [0.25, 0.3) is 0 Å². The van der Waals surface area contributed by atoms with Crippen molar-refractivity contribution in [3.8, 4) is 0 Å². The van der Waals surface area contributed by atoms with Crippen LogP contribution < -0.4 is 0 Å². The molecular weight excluding hydrogens is 280 g/mol. The standard InChI is InChI=1S/C19H21ClO/c1-21-12-11-14-5-7-16(8-6-14)19(20)18-10-9-15-3-2-4-17(15)13-18/h5-10,13,19H,2-4,11-12H2,1H3. The highest BCUT2D eigenvalue weighted by Crippen LogP contribution is 2.32. The minimum absolute atomic E-state index is 0.0626. The van der Waals surface area contributed by atoms with Crippen LogP contribution in [0.5, 0.6) is 0 Å². The van der Waals surface area contributed by atoms with Crippen LogP contribution in [0.3, 0.4) is 0 Å². The van der Waals surface area contributed by atoms with E-state index in [1.807, 2.05) is 0 Å². The smallest absolute Gasteiger partial charge is 0.0835 e. The molecule has 0 aromatic heterocycles. The summed E-state index contributed by atoms with van der Waals surface area (Å²) >= 11 is 6.67. The molecule has 0 amide bonds. The van der Waals surface area contributed by atoms with Gasteiger partial charge in [-0.2, -0.15) is 0 Å². The van der Waals surface area contributed by atoms with Crippen LogP contribution in [0.2, 0.25) is 0 Å². The molecule has 1 unspecified atom stereocenters. The predicted molar refractivity (Wildman–Crippen MR) is 88.2 cm³/mol. The van der Waals surface area contributed by atoms with Crippen LogP contribution in [0.15, 0.2) is 42.5 Å². The second kappa shape index (κ2) is 6.64. The SMILES string of the molecule is COCCc1ccc(C(Cl)c2ccc3c(c2)CCC3)cc1. The van der Waals surface area contributed by atoms with E-state index in [1.165, 1.54) is 41.5 Å². The summed E-state index contributed by atoms with van der Waals surface area (Å²) in [7, 11) is 1.73. The Morgan fingerprint density at radius 3 is 2.48 bits per heavy atom.